The topological polar surface area (TPSA) is 89.3 Å². The summed E-state index contributed by atoms with van der Waals surface area (Å²) in [6, 6.07) is 31.0. The van der Waals surface area contributed by atoms with Gasteiger partial charge in [-0.2, -0.15) is 0 Å². The van der Waals surface area contributed by atoms with Crippen molar-refractivity contribution in [3.05, 3.63) is 125 Å². The summed E-state index contributed by atoms with van der Waals surface area (Å²) < 4.78 is 26.8. The largest absolute Gasteiger partial charge is 0.352 e. The SMILES string of the molecule is CCc1ccc(S(=O)(=O)C(N)c2ccccc2-c2ccccc2C(=O)NCCc2ccccc2)cc1. The van der Waals surface area contributed by atoms with Crippen molar-refractivity contribution in [3.8, 4) is 11.1 Å². The summed E-state index contributed by atoms with van der Waals surface area (Å²) >= 11 is 0. The molecule has 4 aromatic rings. The van der Waals surface area contributed by atoms with E-state index in [-0.39, 0.29) is 10.8 Å². The lowest BCUT2D eigenvalue weighted by molar-refractivity contribution is 0.0955. The molecule has 0 heterocycles. The molecule has 0 aromatic heterocycles. The second kappa shape index (κ2) is 11.3. The monoisotopic (exact) mass is 498 g/mol. The van der Waals surface area contributed by atoms with Gasteiger partial charge in [-0.15, -0.1) is 0 Å². The summed E-state index contributed by atoms with van der Waals surface area (Å²) in [4.78, 5) is 13.3. The number of benzene rings is 4. The van der Waals surface area contributed by atoms with Crippen molar-refractivity contribution in [1.82, 2.24) is 5.32 Å². The molecule has 0 saturated carbocycles. The zero-order chi connectivity index (χ0) is 25.5. The summed E-state index contributed by atoms with van der Waals surface area (Å²) in [5.74, 6) is -0.220. The van der Waals surface area contributed by atoms with Crippen LogP contribution in [0.4, 0.5) is 0 Å². The second-order valence-corrected chi connectivity index (χ2v) is 10.7. The van der Waals surface area contributed by atoms with Gasteiger partial charge in [0.25, 0.3) is 5.91 Å². The molecule has 5 nitrogen and oxygen atoms in total. The van der Waals surface area contributed by atoms with Gasteiger partial charge in [-0.25, -0.2) is 8.42 Å². The van der Waals surface area contributed by atoms with E-state index in [1.165, 1.54) is 0 Å². The van der Waals surface area contributed by atoms with Crippen molar-refractivity contribution in [3.63, 3.8) is 0 Å². The third-order valence-electron chi connectivity index (χ3n) is 6.27. The lowest BCUT2D eigenvalue weighted by Crippen LogP contribution is -2.26. The van der Waals surface area contributed by atoms with Gasteiger partial charge in [-0.1, -0.05) is 91.9 Å². The number of amides is 1. The number of aryl methyl sites for hydroxylation is 1. The number of carbonyl (C=O) groups excluding carboxylic acids is 1. The van der Waals surface area contributed by atoms with Crippen molar-refractivity contribution in [2.45, 2.75) is 30.0 Å². The van der Waals surface area contributed by atoms with Crippen LogP contribution in [-0.4, -0.2) is 20.9 Å². The first-order chi connectivity index (χ1) is 17.4. The van der Waals surface area contributed by atoms with E-state index in [1.807, 2.05) is 55.5 Å². The molecule has 1 amide bonds. The Morgan fingerprint density at radius 2 is 1.39 bits per heavy atom. The third-order valence-corrected chi connectivity index (χ3v) is 8.12. The highest BCUT2D eigenvalue weighted by atomic mass is 32.2. The highest BCUT2D eigenvalue weighted by Crippen LogP contribution is 2.34. The van der Waals surface area contributed by atoms with Crippen LogP contribution in [0, 0.1) is 0 Å². The Bertz CT molecular complexity index is 1430. The van der Waals surface area contributed by atoms with Crippen molar-refractivity contribution in [1.29, 1.82) is 0 Å². The Balaban J connectivity index is 1.62. The van der Waals surface area contributed by atoms with E-state index >= 15 is 0 Å². The van der Waals surface area contributed by atoms with Gasteiger partial charge in [0.05, 0.1) is 4.90 Å². The Hall–Kier alpha value is -3.74. The predicted molar refractivity (Wildman–Crippen MR) is 144 cm³/mol. The van der Waals surface area contributed by atoms with E-state index in [0.717, 1.165) is 17.5 Å². The molecule has 0 spiro atoms. The van der Waals surface area contributed by atoms with Crippen LogP contribution in [0.15, 0.2) is 108 Å². The fourth-order valence-electron chi connectivity index (χ4n) is 4.20. The first kappa shape index (κ1) is 25.4. The molecule has 4 rings (SSSR count). The molecular weight excluding hydrogens is 468 g/mol. The highest BCUT2D eigenvalue weighted by molar-refractivity contribution is 7.91. The fraction of sp³-hybridized carbons (Fsp3) is 0.167. The maximum absolute atomic E-state index is 13.4. The number of hydrogen-bond acceptors (Lipinski definition) is 4. The summed E-state index contributed by atoms with van der Waals surface area (Å²) in [6.45, 7) is 2.50. The molecule has 0 aliphatic heterocycles. The lowest BCUT2D eigenvalue weighted by Gasteiger charge is -2.19. The molecule has 0 radical (unpaired) electrons. The molecule has 0 aliphatic carbocycles. The molecule has 0 aliphatic rings. The zero-order valence-electron chi connectivity index (χ0n) is 20.2. The van der Waals surface area contributed by atoms with Gasteiger partial charge >= 0.3 is 0 Å². The van der Waals surface area contributed by atoms with Crippen LogP contribution in [0.1, 0.15) is 39.3 Å². The number of hydrogen-bond donors (Lipinski definition) is 2. The molecule has 4 aromatic carbocycles. The first-order valence-electron chi connectivity index (χ1n) is 12.0. The Morgan fingerprint density at radius 1 is 0.778 bits per heavy atom. The minimum absolute atomic E-state index is 0.175. The highest BCUT2D eigenvalue weighted by Gasteiger charge is 2.28. The molecule has 184 valence electrons. The first-order valence-corrected chi connectivity index (χ1v) is 13.6. The summed E-state index contributed by atoms with van der Waals surface area (Å²) in [5.41, 5.74) is 10.8. The van der Waals surface area contributed by atoms with Crippen LogP contribution in [0.2, 0.25) is 0 Å². The normalized spacial score (nSPS) is 12.2. The van der Waals surface area contributed by atoms with E-state index in [9.17, 15) is 13.2 Å². The van der Waals surface area contributed by atoms with Crippen LogP contribution in [-0.2, 0) is 22.7 Å². The number of nitrogens with one attached hydrogen (secondary N) is 1. The maximum atomic E-state index is 13.4. The second-order valence-electron chi connectivity index (χ2n) is 8.59. The Kier molecular flexibility index (Phi) is 7.98. The van der Waals surface area contributed by atoms with Crippen LogP contribution in [0.25, 0.3) is 11.1 Å². The van der Waals surface area contributed by atoms with E-state index in [1.54, 1.807) is 54.6 Å². The number of sulfone groups is 1. The zero-order valence-corrected chi connectivity index (χ0v) is 21.0. The summed E-state index contributed by atoms with van der Waals surface area (Å²) in [7, 11) is -3.85. The number of rotatable bonds is 9. The minimum atomic E-state index is -3.85. The number of nitrogens with two attached hydrogens (primary N) is 1. The quantitative estimate of drug-likeness (QED) is 0.327. The third kappa shape index (κ3) is 5.56. The van der Waals surface area contributed by atoms with Gasteiger partial charge in [0, 0.05) is 12.1 Å². The predicted octanol–water partition coefficient (Wildman–Crippen LogP) is 5.32. The summed E-state index contributed by atoms with van der Waals surface area (Å²) in [6.07, 6.45) is 1.53. The van der Waals surface area contributed by atoms with E-state index in [0.29, 0.717) is 35.2 Å². The molecule has 0 fully saturated rings. The molecule has 0 bridgehead atoms. The minimum Gasteiger partial charge on any atom is -0.352 e. The van der Waals surface area contributed by atoms with Crippen LogP contribution in [0.5, 0.6) is 0 Å². The van der Waals surface area contributed by atoms with Gasteiger partial charge in [-0.3, -0.25) is 4.79 Å². The summed E-state index contributed by atoms with van der Waals surface area (Å²) in [5, 5.41) is 1.70. The van der Waals surface area contributed by atoms with Crippen LogP contribution < -0.4 is 11.1 Å². The van der Waals surface area contributed by atoms with Crippen LogP contribution >= 0.6 is 0 Å². The molecule has 1 atom stereocenters. The van der Waals surface area contributed by atoms with E-state index in [4.69, 9.17) is 5.73 Å². The molecule has 1 unspecified atom stereocenters. The standard InChI is InChI=1S/C30H30N2O3S/c1-2-22-16-18-24(19-17-22)36(34,35)29(31)27-14-8-6-12-25(27)26-13-7-9-15-28(26)30(33)32-21-20-23-10-4-3-5-11-23/h3-19,29H,2,20-21,31H2,1H3,(H,32,33). The van der Waals surface area contributed by atoms with Gasteiger partial charge in [-0.05, 0) is 58.9 Å². The van der Waals surface area contributed by atoms with Crippen molar-refractivity contribution >= 4 is 15.7 Å². The molecule has 3 N–H and O–H groups in total. The Morgan fingerprint density at radius 3 is 2.08 bits per heavy atom. The lowest BCUT2D eigenvalue weighted by atomic mass is 9.95. The van der Waals surface area contributed by atoms with Crippen molar-refractivity contribution < 1.29 is 13.2 Å². The van der Waals surface area contributed by atoms with Gasteiger partial charge in [0.15, 0.2) is 9.84 Å². The molecular formula is C30H30N2O3S. The van der Waals surface area contributed by atoms with E-state index < -0.39 is 15.2 Å². The smallest absolute Gasteiger partial charge is 0.251 e. The van der Waals surface area contributed by atoms with Crippen molar-refractivity contribution in [2.24, 2.45) is 5.73 Å². The van der Waals surface area contributed by atoms with Crippen molar-refractivity contribution in [2.75, 3.05) is 6.54 Å². The molecule has 0 saturated heterocycles. The average molecular weight is 499 g/mol. The maximum Gasteiger partial charge on any atom is 0.251 e. The van der Waals surface area contributed by atoms with Crippen LogP contribution in [0.3, 0.4) is 0 Å². The molecule has 6 heteroatoms. The number of carbonyl (C=O) groups is 1. The molecule has 36 heavy (non-hydrogen) atoms. The fourth-order valence-corrected chi connectivity index (χ4v) is 5.54. The Labute approximate surface area is 212 Å². The average Bonchev–Trinajstić information content (AvgIpc) is 2.93. The van der Waals surface area contributed by atoms with Gasteiger partial charge in [0.1, 0.15) is 5.37 Å². The van der Waals surface area contributed by atoms with E-state index in [2.05, 4.69) is 5.32 Å². The van der Waals surface area contributed by atoms with Gasteiger partial charge < -0.3 is 11.1 Å². The van der Waals surface area contributed by atoms with Gasteiger partial charge in [0.2, 0.25) is 0 Å².